The third-order valence-corrected chi connectivity index (χ3v) is 6.43. The van der Waals surface area contributed by atoms with Crippen LogP contribution >= 0.6 is 0 Å². The van der Waals surface area contributed by atoms with Gasteiger partial charge in [-0.1, -0.05) is 0 Å². The third-order valence-electron chi connectivity index (χ3n) is 6.43. The number of carbonyl (C=O) groups is 1. The number of fused-ring (bicyclic) bond motifs is 1. The Morgan fingerprint density at radius 3 is 2.73 bits per heavy atom. The van der Waals surface area contributed by atoms with Gasteiger partial charge in [-0.15, -0.1) is 0 Å². The molecule has 1 fully saturated rings. The quantitative estimate of drug-likeness (QED) is 0.395. The number of aliphatic hydroxyl groups is 2. The normalized spacial score (nSPS) is 22.3. The second-order valence-electron chi connectivity index (χ2n) is 9.18. The van der Waals surface area contributed by atoms with E-state index < -0.39 is 55.3 Å². The van der Waals surface area contributed by atoms with E-state index >= 15 is 0 Å². The molecule has 37 heavy (non-hydrogen) atoms. The molecule has 4 rings (SSSR count). The molecule has 2 unspecified atom stereocenters. The van der Waals surface area contributed by atoms with E-state index in [0.29, 0.717) is 0 Å². The fourth-order valence-electron chi connectivity index (χ4n) is 4.69. The largest absolute Gasteiger partial charge is 0.465 e. The fraction of sp³-hybridized carbons (Fsp3) is 0.591. The highest BCUT2D eigenvalue weighted by molar-refractivity contribution is 5.64. The lowest BCUT2D eigenvalue weighted by Crippen LogP contribution is -2.55. The number of nitrogens with one attached hydrogen (secondary N) is 1. The summed E-state index contributed by atoms with van der Waals surface area (Å²) in [7, 11) is 0. The number of amides is 1. The van der Waals surface area contributed by atoms with Gasteiger partial charge in [0.05, 0.1) is 18.5 Å². The summed E-state index contributed by atoms with van der Waals surface area (Å²) in [6.45, 7) is -1.27. The van der Waals surface area contributed by atoms with Crippen LogP contribution in [0.1, 0.15) is 36.2 Å². The summed E-state index contributed by atoms with van der Waals surface area (Å²) >= 11 is 0. The van der Waals surface area contributed by atoms with Crippen molar-refractivity contribution < 1.29 is 46.5 Å². The number of hydrogen-bond acceptors (Lipinski definition) is 8. The van der Waals surface area contributed by atoms with Crippen LogP contribution in [0, 0.1) is 0 Å². The summed E-state index contributed by atoms with van der Waals surface area (Å²) in [4.78, 5) is 21.6. The molecule has 2 aliphatic heterocycles. The highest BCUT2D eigenvalue weighted by Gasteiger charge is 2.42. The van der Waals surface area contributed by atoms with Crippen molar-refractivity contribution in [2.45, 2.75) is 62.8 Å². The van der Waals surface area contributed by atoms with E-state index in [1.165, 1.54) is 23.3 Å². The minimum Gasteiger partial charge on any atom is -0.465 e. The van der Waals surface area contributed by atoms with Gasteiger partial charge in [0.1, 0.15) is 12.5 Å². The maximum Gasteiger partial charge on any atom is 0.433 e. The Morgan fingerprint density at radius 1 is 1.32 bits per heavy atom. The number of rotatable bonds is 7. The van der Waals surface area contributed by atoms with Crippen LogP contribution in [-0.2, 0) is 19.1 Å². The average Bonchev–Trinajstić information content (AvgIpc) is 3.34. The molecule has 1 amide bonds. The van der Waals surface area contributed by atoms with Crippen molar-refractivity contribution in [3.63, 3.8) is 0 Å². The van der Waals surface area contributed by atoms with Gasteiger partial charge in [0, 0.05) is 44.1 Å². The van der Waals surface area contributed by atoms with Crippen molar-refractivity contribution >= 4 is 6.09 Å². The van der Waals surface area contributed by atoms with Gasteiger partial charge in [-0.2, -0.15) is 13.2 Å². The third kappa shape index (κ3) is 6.52. The van der Waals surface area contributed by atoms with Gasteiger partial charge in [0.25, 0.3) is 5.92 Å². The van der Waals surface area contributed by atoms with Gasteiger partial charge in [0.15, 0.2) is 17.3 Å². The fourth-order valence-corrected chi connectivity index (χ4v) is 4.69. The molecule has 2 aromatic heterocycles. The van der Waals surface area contributed by atoms with Crippen molar-refractivity contribution in [2.75, 3.05) is 19.6 Å². The van der Waals surface area contributed by atoms with E-state index in [1.807, 2.05) is 0 Å². The summed E-state index contributed by atoms with van der Waals surface area (Å²) in [5.41, 5.74) is -1.17. The van der Waals surface area contributed by atoms with Gasteiger partial charge in [0.2, 0.25) is 0 Å². The van der Waals surface area contributed by atoms with E-state index in [0.717, 1.165) is 4.90 Å². The highest BCUT2D eigenvalue weighted by atomic mass is 19.4. The smallest absolute Gasteiger partial charge is 0.433 e. The minimum absolute atomic E-state index is 0.00902. The van der Waals surface area contributed by atoms with Crippen molar-refractivity contribution in [2.24, 2.45) is 0 Å². The molecule has 0 saturated carbocycles. The van der Waals surface area contributed by atoms with Crippen molar-refractivity contribution in [3.05, 3.63) is 35.3 Å². The van der Waals surface area contributed by atoms with E-state index in [4.69, 9.17) is 4.42 Å². The van der Waals surface area contributed by atoms with Crippen LogP contribution in [0.5, 0.6) is 0 Å². The molecule has 4 heterocycles. The van der Waals surface area contributed by atoms with Gasteiger partial charge in [-0.25, -0.2) is 23.5 Å². The minimum atomic E-state index is -4.75. The molecule has 0 spiro atoms. The molecule has 0 aliphatic carbocycles. The average molecular weight is 535 g/mol. The summed E-state index contributed by atoms with van der Waals surface area (Å²) in [6, 6.07) is 1.84. The SMILES string of the molecule is O=C(O)N[C@@H](CC(O)N1CCc2c(nc(-c3ccco3)nc2C(F)(F)F)C1)CN1CC(F)(F)CCC1O. The number of furan rings is 1. The van der Waals surface area contributed by atoms with Crippen LogP contribution in [0.25, 0.3) is 11.6 Å². The maximum absolute atomic E-state index is 13.8. The van der Waals surface area contributed by atoms with Gasteiger partial charge in [-0.3, -0.25) is 9.80 Å². The van der Waals surface area contributed by atoms with E-state index in [1.54, 1.807) is 0 Å². The lowest BCUT2D eigenvalue weighted by atomic mass is 10.0. The van der Waals surface area contributed by atoms with E-state index in [-0.39, 0.29) is 61.7 Å². The number of halogens is 5. The number of aromatic nitrogens is 2. The predicted octanol–water partition coefficient (Wildman–Crippen LogP) is 2.51. The molecule has 0 radical (unpaired) electrons. The number of carboxylic acid groups (broad SMARTS) is 1. The molecule has 1 saturated heterocycles. The standard InChI is InChI=1S/C22H26F5N5O5/c23-21(24)5-3-16(33)32(11-21)9-12(28-20(35)36)8-17(34)31-6-4-13-14(10-31)29-19(15-2-1-7-37-15)30-18(13)22(25,26)27/h1-2,7,12,16-17,28,33-34H,3-6,8-11H2,(H,35,36)/t12-,16?,17?/m0/s1. The zero-order valence-corrected chi connectivity index (χ0v) is 19.5. The first-order valence-electron chi connectivity index (χ1n) is 11.5. The van der Waals surface area contributed by atoms with Crippen LogP contribution < -0.4 is 5.32 Å². The zero-order valence-electron chi connectivity index (χ0n) is 19.5. The Balaban J connectivity index is 1.52. The molecule has 2 aromatic rings. The monoisotopic (exact) mass is 535 g/mol. The molecule has 204 valence electrons. The molecule has 10 nitrogen and oxygen atoms in total. The Kier molecular flexibility index (Phi) is 7.69. The second kappa shape index (κ2) is 10.5. The molecule has 4 N–H and O–H groups in total. The Bertz CT molecular complexity index is 1100. The molecule has 2 aliphatic rings. The molecule has 3 atom stereocenters. The summed E-state index contributed by atoms with van der Waals surface area (Å²) < 4.78 is 74.0. The molecule has 0 bridgehead atoms. The maximum atomic E-state index is 13.8. The van der Waals surface area contributed by atoms with E-state index in [2.05, 4.69) is 15.3 Å². The lowest BCUT2D eigenvalue weighted by molar-refractivity contribution is -0.142. The van der Waals surface area contributed by atoms with Gasteiger partial charge in [-0.05, 0) is 25.0 Å². The number of piperidine rings is 1. The van der Waals surface area contributed by atoms with Crippen LogP contribution in [0.4, 0.5) is 26.7 Å². The van der Waals surface area contributed by atoms with Crippen molar-refractivity contribution in [1.29, 1.82) is 0 Å². The lowest BCUT2D eigenvalue weighted by Gasteiger charge is -2.39. The molecular formula is C22H26F5N5O5. The van der Waals surface area contributed by atoms with Crippen molar-refractivity contribution in [3.8, 4) is 11.6 Å². The van der Waals surface area contributed by atoms with Crippen LogP contribution in [-0.4, -0.2) is 85.2 Å². The zero-order chi connectivity index (χ0) is 27.0. The van der Waals surface area contributed by atoms with E-state index in [9.17, 15) is 42.1 Å². The molecule has 0 aromatic carbocycles. The first-order valence-corrected chi connectivity index (χ1v) is 11.5. The Labute approximate surface area is 207 Å². The van der Waals surface area contributed by atoms with Gasteiger partial charge >= 0.3 is 12.3 Å². The number of hydrogen-bond donors (Lipinski definition) is 4. The summed E-state index contributed by atoms with van der Waals surface area (Å²) in [6.07, 6.45) is -8.57. The van der Waals surface area contributed by atoms with Crippen LogP contribution in [0.15, 0.2) is 22.8 Å². The summed E-state index contributed by atoms with van der Waals surface area (Å²) in [5.74, 6) is -3.28. The first kappa shape index (κ1) is 27.2. The topological polar surface area (TPSA) is 135 Å². The number of likely N-dealkylation sites (tertiary alicyclic amines) is 1. The number of aliphatic hydroxyl groups excluding tert-OH is 2. The first-order chi connectivity index (χ1) is 17.3. The van der Waals surface area contributed by atoms with Gasteiger partial charge < -0.3 is 25.1 Å². The highest BCUT2D eigenvalue weighted by Crippen LogP contribution is 2.36. The molecular weight excluding hydrogens is 509 g/mol. The Hall–Kier alpha value is -2.88. The second-order valence-corrected chi connectivity index (χ2v) is 9.18. The molecule has 15 heteroatoms. The van der Waals surface area contributed by atoms with Crippen molar-refractivity contribution in [1.82, 2.24) is 25.1 Å². The Morgan fingerprint density at radius 2 is 2.08 bits per heavy atom. The summed E-state index contributed by atoms with van der Waals surface area (Å²) in [5, 5.41) is 32.3. The number of alkyl halides is 5. The number of nitrogens with zero attached hydrogens (tertiary/aromatic N) is 4. The predicted molar refractivity (Wildman–Crippen MR) is 116 cm³/mol. The van der Waals surface area contributed by atoms with Crippen LogP contribution in [0.3, 0.4) is 0 Å². The van der Waals surface area contributed by atoms with Crippen LogP contribution in [0.2, 0.25) is 0 Å².